The molecule has 140 valence electrons. The molecule has 0 aliphatic carbocycles. The number of rotatable bonds is 4. The Labute approximate surface area is 153 Å². The first kappa shape index (κ1) is 17.4. The van der Waals surface area contributed by atoms with Gasteiger partial charge in [0.1, 0.15) is 5.69 Å². The summed E-state index contributed by atoms with van der Waals surface area (Å²) in [5.41, 5.74) is 0.626. The van der Waals surface area contributed by atoms with E-state index in [4.69, 9.17) is 9.47 Å². The third-order valence-electron chi connectivity index (χ3n) is 5.93. The maximum absolute atomic E-state index is 12.7. The Morgan fingerprint density at radius 2 is 2.27 bits per heavy atom. The van der Waals surface area contributed by atoms with Gasteiger partial charge in [0.25, 0.3) is 0 Å². The number of esters is 1. The molecule has 3 fully saturated rings. The van der Waals surface area contributed by atoms with Crippen molar-refractivity contribution in [2.75, 3.05) is 20.3 Å². The Balaban J connectivity index is 1.55. The van der Waals surface area contributed by atoms with Crippen molar-refractivity contribution in [1.29, 1.82) is 0 Å². The van der Waals surface area contributed by atoms with E-state index in [1.807, 2.05) is 17.0 Å². The second-order valence-electron chi connectivity index (χ2n) is 7.68. The molecule has 0 radical (unpaired) electrons. The standard InChI is InChI=1S/C19H25N3O4/c1-12(2)15-11-26-19-7-8-21(16(19)9-17(23)22(15)19)10-13-5-4-6-14(20-13)18(24)25-3/h4-6,12,15-16H,7-11H2,1-3H3/t15-,16+,19-/m0/s1. The van der Waals surface area contributed by atoms with Gasteiger partial charge in [-0.25, -0.2) is 9.78 Å². The zero-order chi connectivity index (χ0) is 18.5. The number of amides is 1. The summed E-state index contributed by atoms with van der Waals surface area (Å²) >= 11 is 0. The largest absolute Gasteiger partial charge is 0.464 e. The van der Waals surface area contributed by atoms with Crippen LogP contribution in [0.4, 0.5) is 0 Å². The van der Waals surface area contributed by atoms with Crippen LogP contribution in [0.5, 0.6) is 0 Å². The second kappa shape index (κ2) is 6.32. The number of aromatic nitrogens is 1. The average molecular weight is 359 g/mol. The number of methoxy groups -OCH3 is 1. The summed E-state index contributed by atoms with van der Waals surface area (Å²) in [4.78, 5) is 33.1. The molecule has 4 rings (SSSR count). The van der Waals surface area contributed by atoms with Crippen LogP contribution in [0.2, 0.25) is 0 Å². The van der Waals surface area contributed by atoms with Crippen LogP contribution in [-0.4, -0.2) is 64.7 Å². The fourth-order valence-electron chi connectivity index (χ4n) is 4.64. The highest BCUT2D eigenvalue weighted by atomic mass is 16.5. The zero-order valence-electron chi connectivity index (χ0n) is 15.5. The first-order valence-electron chi connectivity index (χ1n) is 9.20. The van der Waals surface area contributed by atoms with E-state index >= 15 is 0 Å². The normalized spacial score (nSPS) is 30.8. The first-order valence-corrected chi connectivity index (χ1v) is 9.20. The van der Waals surface area contributed by atoms with Crippen LogP contribution in [0.15, 0.2) is 18.2 Å². The van der Waals surface area contributed by atoms with Crippen molar-refractivity contribution in [2.24, 2.45) is 5.92 Å². The number of carbonyl (C=O) groups excluding carboxylic acids is 2. The lowest BCUT2D eigenvalue weighted by molar-refractivity contribution is -0.139. The lowest BCUT2D eigenvalue weighted by atomic mass is 10.0. The predicted octanol–water partition coefficient (Wildman–Crippen LogP) is 1.43. The molecule has 1 aromatic rings. The Hall–Kier alpha value is -1.99. The third kappa shape index (κ3) is 2.53. The number of carbonyl (C=O) groups is 2. The van der Waals surface area contributed by atoms with E-state index in [0.717, 1.165) is 18.7 Å². The van der Waals surface area contributed by atoms with Crippen molar-refractivity contribution in [3.63, 3.8) is 0 Å². The topological polar surface area (TPSA) is 72.0 Å². The van der Waals surface area contributed by atoms with Gasteiger partial charge in [-0.05, 0) is 18.1 Å². The molecule has 4 heterocycles. The van der Waals surface area contributed by atoms with Crippen molar-refractivity contribution in [2.45, 2.75) is 51.0 Å². The fraction of sp³-hybridized carbons (Fsp3) is 0.632. The van der Waals surface area contributed by atoms with E-state index in [1.54, 1.807) is 6.07 Å². The molecule has 7 nitrogen and oxygen atoms in total. The molecule has 0 N–H and O–H groups in total. The molecule has 3 aliphatic heterocycles. The molecule has 7 heteroatoms. The average Bonchev–Trinajstić information content (AvgIpc) is 3.25. The highest BCUT2D eigenvalue weighted by Crippen LogP contribution is 2.49. The van der Waals surface area contributed by atoms with Crippen molar-refractivity contribution in [1.82, 2.24) is 14.8 Å². The summed E-state index contributed by atoms with van der Waals surface area (Å²) in [6, 6.07) is 5.57. The second-order valence-corrected chi connectivity index (χ2v) is 7.68. The van der Waals surface area contributed by atoms with Crippen LogP contribution in [0.1, 0.15) is 42.9 Å². The van der Waals surface area contributed by atoms with Crippen LogP contribution in [0.25, 0.3) is 0 Å². The van der Waals surface area contributed by atoms with Gasteiger partial charge in [-0.2, -0.15) is 0 Å². The maximum atomic E-state index is 12.7. The third-order valence-corrected chi connectivity index (χ3v) is 5.93. The van der Waals surface area contributed by atoms with Gasteiger partial charge < -0.3 is 14.4 Å². The van der Waals surface area contributed by atoms with Gasteiger partial charge in [0.15, 0.2) is 5.72 Å². The molecule has 1 aromatic heterocycles. The van der Waals surface area contributed by atoms with Crippen LogP contribution >= 0.6 is 0 Å². The highest BCUT2D eigenvalue weighted by Gasteiger charge is 2.64. The number of likely N-dealkylation sites (tertiary alicyclic amines) is 1. The molecule has 0 bridgehead atoms. The molecular formula is C19H25N3O4. The molecule has 0 unspecified atom stereocenters. The van der Waals surface area contributed by atoms with Crippen LogP contribution in [-0.2, 0) is 20.8 Å². The minimum Gasteiger partial charge on any atom is -0.464 e. The SMILES string of the molecule is COC(=O)c1cccc(CN2CC[C@@]34OC[C@@H](C(C)C)N3C(=O)C[C@@H]24)n1. The van der Waals surface area contributed by atoms with E-state index in [9.17, 15) is 9.59 Å². The smallest absolute Gasteiger partial charge is 0.356 e. The quantitative estimate of drug-likeness (QED) is 0.758. The Morgan fingerprint density at radius 3 is 3.00 bits per heavy atom. The van der Waals surface area contributed by atoms with Gasteiger partial charge in [0, 0.05) is 25.9 Å². The van der Waals surface area contributed by atoms with Crippen LogP contribution in [0.3, 0.4) is 0 Å². The number of hydrogen-bond acceptors (Lipinski definition) is 6. The predicted molar refractivity (Wildman–Crippen MR) is 93.2 cm³/mol. The molecule has 0 saturated carbocycles. The molecule has 26 heavy (non-hydrogen) atoms. The highest BCUT2D eigenvalue weighted by molar-refractivity contribution is 5.87. The number of hydrogen-bond donors (Lipinski definition) is 0. The van der Waals surface area contributed by atoms with Crippen LogP contribution < -0.4 is 0 Å². The van der Waals surface area contributed by atoms with Gasteiger partial charge in [-0.3, -0.25) is 9.69 Å². The molecule has 1 spiro atoms. The summed E-state index contributed by atoms with van der Waals surface area (Å²) in [6.07, 6.45) is 1.31. The van der Waals surface area contributed by atoms with Gasteiger partial charge >= 0.3 is 5.97 Å². The molecule has 1 amide bonds. The molecule has 0 aromatic carbocycles. The van der Waals surface area contributed by atoms with Gasteiger partial charge in [0.2, 0.25) is 5.91 Å². The summed E-state index contributed by atoms with van der Waals surface area (Å²) in [7, 11) is 1.35. The molecular weight excluding hydrogens is 334 g/mol. The first-order chi connectivity index (χ1) is 12.5. The van der Waals surface area contributed by atoms with Crippen molar-refractivity contribution >= 4 is 11.9 Å². The Bertz CT molecular complexity index is 737. The van der Waals surface area contributed by atoms with E-state index in [1.165, 1.54) is 7.11 Å². The van der Waals surface area contributed by atoms with Crippen LogP contribution in [0, 0.1) is 5.92 Å². The summed E-state index contributed by atoms with van der Waals surface area (Å²) in [6.45, 7) is 6.34. The van der Waals surface area contributed by atoms with Crippen molar-refractivity contribution in [3.8, 4) is 0 Å². The molecule has 3 aliphatic rings. The summed E-state index contributed by atoms with van der Waals surface area (Å²) < 4.78 is 11.0. The Morgan fingerprint density at radius 1 is 1.46 bits per heavy atom. The van der Waals surface area contributed by atoms with Crippen molar-refractivity contribution in [3.05, 3.63) is 29.6 Å². The number of nitrogens with zero attached hydrogens (tertiary/aromatic N) is 3. The van der Waals surface area contributed by atoms with Gasteiger partial charge in [-0.1, -0.05) is 19.9 Å². The van der Waals surface area contributed by atoms with E-state index in [0.29, 0.717) is 31.2 Å². The zero-order valence-corrected chi connectivity index (χ0v) is 15.5. The maximum Gasteiger partial charge on any atom is 0.356 e. The van der Waals surface area contributed by atoms with Gasteiger partial charge in [0.05, 0.1) is 31.5 Å². The minimum atomic E-state index is -0.480. The summed E-state index contributed by atoms with van der Waals surface area (Å²) in [5.74, 6) is 0.127. The van der Waals surface area contributed by atoms with E-state index < -0.39 is 11.7 Å². The lowest BCUT2D eigenvalue weighted by Gasteiger charge is -2.34. The van der Waals surface area contributed by atoms with E-state index in [-0.39, 0.29) is 18.0 Å². The van der Waals surface area contributed by atoms with Crippen molar-refractivity contribution < 1.29 is 19.1 Å². The minimum absolute atomic E-state index is 0.0438. The Kier molecular flexibility index (Phi) is 4.23. The fourth-order valence-corrected chi connectivity index (χ4v) is 4.64. The lowest BCUT2D eigenvalue weighted by Crippen LogP contribution is -2.50. The monoisotopic (exact) mass is 359 g/mol. The van der Waals surface area contributed by atoms with E-state index in [2.05, 4.69) is 23.7 Å². The number of ether oxygens (including phenoxy) is 2. The summed E-state index contributed by atoms with van der Waals surface area (Å²) in [5, 5.41) is 0. The molecule has 3 atom stereocenters. The number of pyridine rings is 1. The van der Waals surface area contributed by atoms with Gasteiger partial charge in [-0.15, -0.1) is 0 Å². The molecule has 3 saturated heterocycles.